The van der Waals surface area contributed by atoms with E-state index in [1.54, 1.807) is 27.0 Å². The molecule has 0 radical (unpaired) electrons. The first-order chi connectivity index (χ1) is 11.6. The van der Waals surface area contributed by atoms with E-state index in [2.05, 4.69) is 10.3 Å². The molecule has 0 unspecified atom stereocenters. The van der Waals surface area contributed by atoms with Crippen LogP contribution in [0.3, 0.4) is 0 Å². The van der Waals surface area contributed by atoms with Gasteiger partial charge in [-0.2, -0.15) is 0 Å². The molecule has 0 spiro atoms. The Bertz CT molecular complexity index is 801. The molecule has 25 heavy (non-hydrogen) atoms. The van der Waals surface area contributed by atoms with Gasteiger partial charge in [0.2, 0.25) is 11.7 Å². The normalized spacial score (nSPS) is 14.0. The summed E-state index contributed by atoms with van der Waals surface area (Å²) in [5.74, 6) is -1.19. The number of nitrogens with one attached hydrogen (secondary N) is 2. The number of aromatic amines is 1. The first-order valence-electron chi connectivity index (χ1n) is 8.23. The van der Waals surface area contributed by atoms with Gasteiger partial charge >= 0.3 is 5.97 Å². The fourth-order valence-electron chi connectivity index (χ4n) is 2.30. The fourth-order valence-corrected chi connectivity index (χ4v) is 2.30. The molecule has 6 nitrogen and oxygen atoms in total. The van der Waals surface area contributed by atoms with Crippen LogP contribution < -0.4 is 5.32 Å². The Morgan fingerprint density at radius 3 is 2.40 bits per heavy atom. The Hall–Kier alpha value is -2.63. The lowest BCUT2D eigenvalue weighted by atomic mass is 9.95. The summed E-state index contributed by atoms with van der Waals surface area (Å²) in [7, 11) is 0. The van der Waals surface area contributed by atoms with Crippen molar-refractivity contribution >= 4 is 28.6 Å². The van der Waals surface area contributed by atoms with Gasteiger partial charge in [0.15, 0.2) is 6.10 Å². The van der Waals surface area contributed by atoms with Gasteiger partial charge in [-0.25, -0.2) is 4.79 Å². The smallest absolute Gasteiger partial charge is 0.329 e. The largest absolute Gasteiger partial charge is 0.453 e. The molecule has 2 aromatic rings. The summed E-state index contributed by atoms with van der Waals surface area (Å²) < 4.78 is 5.24. The molecule has 0 bridgehead atoms. The third-order valence-corrected chi connectivity index (χ3v) is 3.90. The molecule has 0 saturated carbocycles. The lowest BCUT2D eigenvalue weighted by Gasteiger charge is -2.22. The molecule has 134 valence electrons. The Morgan fingerprint density at radius 1 is 1.12 bits per heavy atom. The zero-order valence-corrected chi connectivity index (χ0v) is 15.2. The zero-order valence-electron chi connectivity index (χ0n) is 15.2. The molecule has 0 aliphatic rings. The second kappa shape index (κ2) is 7.09. The fraction of sp³-hybridized carbons (Fsp3) is 0.421. The lowest BCUT2D eigenvalue weighted by molar-refractivity contribution is -0.150. The van der Waals surface area contributed by atoms with E-state index < -0.39 is 23.5 Å². The maximum absolute atomic E-state index is 12.6. The van der Waals surface area contributed by atoms with Crippen LogP contribution in [0.25, 0.3) is 10.9 Å². The van der Waals surface area contributed by atoms with Crippen molar-refractivity contribution in [3.8, 4) is 0 Å². The number of rotatable bonds is 5. The molecule has 2 N–H and O–H groups in total. The minimum atomic E-state index is -0.944. The van der Waals surface area contributed by atoms with Gasteiger partial charge in [-0.3, -0.25) is 9.59 Å². The number of ether oxygens (including phenoxy) is 1. The average Bonchev–Trinajstić information content (AvgIpc) is 2.96. The van der Waals surface area contributed by atoms with Crippen molar-refractivity contribution in [2.24, 2.45) is 5.41 Å². The number of Topliss-reactive ketones (excluding diaryl/α,β-unsaturated/α-hetero) is 1. The summed E-state index contributed by atoms with van der Waals surface area (Å²) in [5, 5.41) is 3.38. The average molecular weight is 344 g/mol. The number of aromatic nitrogens is 1. The van der Waals surface area contributed by atoms with E-state index in [0.29, 0.717) is 5.56 Å². The Kier molecular flexibility index (Phi) is 5.30. The first-order valence-corrected chi connectivity index (χ1v) is 8.23. The van der Waals surface area contributed by atoms with Gasteiger partial charge in [0.25, 0.3) is 0 Å². The van der Waals surface area contributed by atoms with Gasteiger partial charge in [-0.15, -0.1) is 0 Å². The van der Waals surface area contributed by atoms with E-state index in [4.69, 9.17) is 4.74 Å². The van der Waals surface area contributed by atoms with E-state index in [1.807, 2.05) is 24.3 Å². The molecule has 0 fully saturated rings. The van der Waals surface area contributed by atoms with Crippen molar-refractivity contribution in [2.75, 3.05) is 0 Å². The number of esters is 1. The molecule has 0 aliphatic heterocycles. The van der Waals surface area contributed by atoms with Crippen molar-refractivity contribution < 1.29 is 19.1 Å². The zero-order chi connectivity index (χ0) is 18.8. The maximum atomic E-state index is 12.6. The molecule has 1 aromatic heterocycles. The molecule has 2 atom stereocenters. The van der Waals surface area contributed by atoms with Crippen LogP contribution in [-0.4, -0.2) is 34.8 Å². The van der Waals surface area contributed by atoms with E-state index in [9.17, 15) is 14.4 Å². The summed E-state index contributed by atoms with van der Waals surface area (Å²) in [4.78, 5) is 39.7. The monoisotopic (exact) mass is 344 g/mol. The topological polar surface area (TPSA) is 88.3 Å². The van der Waals surface area contributed by atoms with Crippen molar-refractivity contribution in [1.29, 1.82) is 0 Å². The highest BCUT2D eigenvalue weighted by molar-refractivity contribution is 6.10. The van der Waals surface area contributed by atoms with Gasteiger partial charge in [-0.05, 0) is 19.9 Å². The van der Waals surface area contributed by atoms with Crippen LogP contribution in [0.5, 0.6) is 0 Å². The van der Waals surface area contributed by atoms with Gasteiger partial charge in [0.05, 0.1) is 0 Å². The summed E-state index contributed by atoms with van der Waals surface area (Å²) in [5.41, 5.74) is 0.706. The summed E-state index contributed by atoms with van der Waals surface area (Å²) >= 11 is 0. The number of fused-ring (bicyclic) bond motifs is 1. The number of para-hydroxylation sites is 1. The number of ketones is 1. The molecule has 0 aliphatic carbocycles. The van der Waals surface area contributed by atoms with Crippen LogP contribution in [0.4, 0.5) is 0 Å². The standard InChI is InChI=1S/C19H24N2O4/c1-11(21-18(24)19(3,4)5)17(23)25-12(2)16(22)14-10-20-15-9-7-6-8-13(14)15/h6-12,20H,1-5H3,(H,21,24)/t11-,12+/m0/s1. The van der Waals surface area contributed by atoms with E-state index in [1.165, 1.54) is 13.8 Å². The van der Waals surface area contributed by atoms with E-state index in [0.717, 1.165) is 10.9 Å². The van der Waals surface area contributed by atoms with E-state index >= 15 is 0 Å². The highest BCUT2D eigenvalue weighted by Gasteiger charge is 2.28. The molecule has 1 amide bonds. The molecule has 1 aromatic carbocycles. The van der Waals surface area contributed by atoms with Crippen molar-refractivity contribution in [3.63, 3.8) is 0 Å². The second-order valence-electron chi connectivity index (χ2n) is 7.14. The number of H-pyrrole nitrogens is 1. The third kappa shape index (κ3) is 4.26. The van der Waals surface area contributed by atoms with Crippen LogP contribution in [0, 0.1) is 5.41 Å². The van der Waals surface area contributed by atoms with Gasteiger partial charge in [0.1, 0.15) is 6.04 Å². The summed E-state index contributed by atoms with van der Waals surface area (Å²) in [6.45, 7) is 8.33. The lowest BCUT2D eigenvalue weighted by Crippen LogP contribution is -2.45. The van der Waals surface area contributed by atoms with Gasteiger partial charge < -0.3 is 15.0 Å². The van der Waals surface area contributed by atoms with Crippen LogP contribution in [0.15, 0.2) is 30.5 Å². The van der Waals surface area contributed by atoms with Crippen molar-refractivity contribution in [3.05, 3.63) is 36.0 Å². The van der Waals surface area contributed by atoms with Crippen LogP contribution >= 0.6 is 0 Å². The number of hydrogen-bond donors (Lipinski definition) is 2. The molecular formula is C19H24N2O4. The highest BCUT2D eigenvalue weighted by atomic mass is 16.5. The third-order valence-electron chi connectivity index (χ3n) is 3.90. The summed E-state index contributed by atoms with van der Waals surface area (Å²) in [6.07, 6.45) is 0.669. The Labute approximate surface area is 146 Å². The van der Waals surface area contributed by atoms with Gasteiger partial charge in [0, 0.05) is 28.1 Å². The van der Waals surface area contributed by atoms with E-state index in [-0.39, 0.29) is 11.7 Å². The maximum Gasteiger partial charge on any atom is 0.329 e. The van der Waals surface area contributed by atoms with Crippen LogP contribution in [-0.2, 0) is 14.3 Å². The number of amides is 1. The Morgan fingerprint density at radius 2 is 1.76 bits per heavy atom. The van der Waals surface area contributed by atoms with Crippen molar-refractivity contribution in [1.82, 2.24) is 10.3 Å². The number of carbonyl (C=O) groups is 3. The second-order valence-corrected chi connectivity index (χ2v) is 7.14. The molecule has 2 rings (SSSR count). The molecule has 1 heterocycles. The van der Waals surface area contributed by atoms with Crippen molar-refractivity contribution in [2.45, 2.75) is 46.8 Å². The van der Waals surface area contributed by atoms with Gasteiger partial charge in [-0.1, -0.05) is 39.0 Å². The molecule has 0 saturated heterocycles. The minimum absolute atomic E-state index is 0.257. The predicted octanol–water partition coefficient (Wildman–Crippen LogP) is 2.83. The van der Waals surface area contributed by atoms with Crippen LogP contribution in [0.1, 0.15) is 45.0 Å². The number of hydrogen-bond acceptors (Lipinski definition) is 4. The van der Waals surface area contributed by atoms with Crippen LogP contribution in [0.2, 0.25) is 0 Å². The first kappa shape index (κ1) is 18.7. The number of carbonyl (C=O) groups excluding carboxylic acids is 3. The Balaban J connectivity index is 2.03. The highest BCUT2D eigenvalue weighted by Crippen LogP contribution is 2.20. The summed E-state index contributed by atoms with van der Waals surface area (Å²) in [6, 6.07) is 6.58. The predicted molar refractivity (Wildman–Crippen MR) is 95.2 cm³/mol. The minimum Gasteiger partial charge on any atom is -0.453 e. The number of benzene rings is 1. The SMILES string of the molecule is C[C@H](NC(=O)C(C)(C)C)C(=O)O[C@H](C)C(=O)c1c[nH]c2ccccc12. The molecular weight excluding hydrogens is 320 g/mol. The quantitative estimate of drug-likeness (QED) is 0.645. The molecule has 6 heteroatoms.